The van der Waals surface area contributed by atoms with Gasteiger partial charge in [-0.3, -0.25) is 0 Å². The summed E-state index contributed by atoms with van der Waals surface area (Å²) in [4.78, 5) is 16.0. The van der Waals surface area contributed by atoms with Crippen molar-refractivity contribution in [3.05, 3.63) is 84.4 Å². The Balaban J connectivity index is 1.79. The number of thioether (sulfide) groups is 1. The Kier molecular flexibility index (Phi) is 3.78. The molecule has 0 aliphatic carbocycles. The van der Waals surface area contributed by atoms with Crippen LogP contribution in [0.15, 0.2) is 78.3 Å². The molecule has 0 bridgehead atoms. The van der Waals surface area contributed by atoms with Crippen molar-refractivity contribution >= 4 is 22.9 Å². The molecule has 0 unspecified atom stereocenters. The monoisotopic (exact) mass is 318 g/mol. The minimum Gasteiger partial charge on any atom is -0.329 e. The third-order valence-electron chi connectivity index (χ3n) is 3.62. The molecule has 0 aliphatic rings. The van der Waals surface area contributed by atoms with Crippen LogP contribution in [0.5, 0.6) is 0 Å². The van der Waals surface area contributed by atoms with Gasteiger partial charge in [-0.25, -0.2) is 15.0 Å². The van der Waals surface area contributed by atoms with Crippen molar-refractivity contribution in [1.82, 2.24) is 19.9 Å². The zero-order valence-corrected chi connectivity index (χ0v) is 13.1. The predicted octanol–water partition coefficient (Wildman–Crippen LogP) is 4.23. The average molecular weight is 318 g/mol. The molecule has 0 radical (unpaired) electrons. The highest BCUT2D eigenvalue weighted by atomic mass is 32.2. The van der Waals surface area contributed by atoms with Gasteiger partial charge in [0, 0.05) is 0 Å². The van der Waals surface area contributed by atoms with Crippen LogP contribution < -0.4 is 0 Å². The van der Waals surface area contributed by atoms with E-state index < -0.39 is 0 Å². The van der Waals surface area contributed by atoms with Crippen LogP contribution in [-0.2, 0) is 0 Å². The number of fused-ring (bicyclic) bond motifs is 1. The van der Waals surface area contributed by atoms with Gasteiger partial charge in [0.1, 0.15) is 16.9 Å². The molecule has 0 atom stereocenters. The maximum Gasteiger partial charge on any atom is 0.161 e. The molecule has 0 saturated carbocycles. The summed E-state index contributed by atoms with van der Waals surface area (Å²) >= 11 is 1.70. The van der Waals surface area contributed by atoms with Gasteiger partial charge in [0.25, 0.3) is 0 Å². The molecule has 0 amide bonds. The lowest BCUT2D eigenvalue weighted by Crippen LogP contribution is -1.98. The second kappa shape index (κ2) is 6.22. The predicted molar refractivity (Wildman–Crippen MR) is 92.3 cm³/mol. The standard InChI is InChI=1S/C18H14N4S/c1-3-7-13(8-4-1)16(14-9-5-2-6-10-14)23-18-15-17(20-11-19-15)21-12-22-18/h1-12,16H,(H,19,20,21,22). The highest BCUT2D eigenvalue weighted by molar-refractivity contribution is 7.99. The summed E-state index contributed by atoms with van der Waals surface area (Å²) in [7, 11) is 0. The van der Waals surface area contributed by atoms with E-state index >= 15 is 0 Å². The molecule has 2 heterocycles. The van der Waals surface area contributed by atoms with Gasteiger partial charge in [-0.1, -0.05) is 72.4 Å². The molecule has 5 heteroatoms. The van der Waals surface area contributed by atoms with E-state index in [2.05, 4.69) is 68.5 Å². The van der Waals surface area contributed by atoms with E-state index in [-0.39, 0.29) is 5.25 Å². The van der Waals surface area contributed by atoms with Crippen LogP contribution in [0.1, 0.15) is 16.4 Å². The largest absolute Gasteiger partial charge is 0.329 e. The third-order valence-corrected chi connectivity index (χ3v) is 4.92. The summed E-state index contributed by atoms with van der Waals surface area (Å²) in [6.45, 7) is 0. The summed E-state index contributed by atoms with van der Waals surface area (Å²) in [5, 5.41) is 1.04. The Bertz CT molecular complexity index is 866. The summed E-state index contributed by atoms with van der Waals surface area (Å²) in [6, 6.07) is 20.9. The lowest BCUT2D eigenvalue weighted by atomic mass is 10.0. The number of hydrogen-bond donors (Lipinski definition) is 1. The SMILES string of the molecule is c1ccc(C(Sc2ncnc3[nH]cnc23)c2ccccc2)cc1. The van der Waals surface area contributed by atoms with E-state index in [4.69, 9.17) is 0 Å². The number of nitrogens with zero attached hydrogens (tertiary/aromatic N) is 3. The fourth-order valence-corrected chi connectivity index (χ4v) is 3.70. The van der Waals surface area contributed by atoms with Crippen LogP contribution >= 0.6 is 11.8 Å². The fraction of sp³-hybridized carbons (Fsp3) is 0.0556. The molecule has 0 fully saturated rings. The summed E-state index contributed by atoms with van der Waals surface area (Å²) in [5.41, 5.74) is 4.06. The minimum absolute atomic E-state index is 0.159. The molecule has 4 nitrogen and oxygen atoms in total. The number of hydrogen-bond acceptors (Lipinski definition) is 4. The van der Waals surface area contributed by atoms with Crippen LogP contribution in [0, 0.1) is 0 Å². The molecular formula is C18H14N4S. The average Bonchev–Trinajstić information content (AvgIpc) is 3.11. The molecule has 112 valence electrons. The van der Waals surface area contributed by atoms with Crippen LogP contribution in [-0.4, -0.2) is 19.9 Å². The van der Waals surface area contributed by atoms with E-state index in [9.17, 15) is 0 Å². The smallest absolute Gasteiger partial charge is 0.161 e. The Morgan fingerprint density at radius 3 is 2.09 bits per heavy atom. The van der Waals surface area contributed by atoms with E-state index in [1.807, 2.05) is 12.1 Å². The zero-order chi connectivity index (χ0) is 15.5. The van der Waals surface area contributed by atoms with Crippen molar-refractivity contribution in [1.29, 1.82) is 0 Å². The van der Waals surface area contributed by atoms with E-state index in [1.165, 1.54) is 11.1 Å². The first-order valence-electron chi connectivity index (χ1n) is 7.32. The lowest BCUT2D eigenvalue weighted by molar-refractivity contribution is 1.07. The number of benzene rings is 2. The highest BCUT2D eigenvalue weighted by Crippen LogP contribution is 2.40. The second-order valence-corrected chi connectivity index (χ2v) is 6.19. The van der Waals surface area contributed by atoms with Gasteiger partial charge < -0.3 is 4.98 Å². The molecule has 23 heavy (non-hydrogen) atoms. The van der Waals surface area contributed by atoms with E-state index in [1.54, 1.807) is 24.4 Å². The van der Waals surface area contributed by atoms with Crippen LogP contribution in [0.25, 0.3) is 11.2 Å². The lowest BCUT2D eigenvalue weighted by Gasteiger charge is -2.17. The van der Waals surface area contributed by atoms with Crippen molar-refractivity contribution in [3.8, 4) is 0 Å². The first-order chi connectivity index (χ1) is 11.4. The van der Waals surface area contributed by atoms with Gasteiger partial charge in [0.05, 0.1) is 11.6 Å². The molecule has 1 N–H and O–H groups in total. The quantitative estimate of drug-likeness (QED) is 0.452. The maximum absolute atomic E-state index is 4.44. The van der Waals surface area contributed by atoms with Gasteiger partial charge in [-0.15, -0.1) is 0 Å². The molecule has 0 saturated heterocycles. The van der Waals surface area contributed by atoms with E-state index in [0.29, 0.717) is 0 Å². The summed E-state index contributed by atoms with van der Waals surface area (Å²) in [5.74, 6) is 0. The Labute approximate surface area is 138 Å². The number of imidazole rings is 1. The Morgan fingerprint density at radius 1 is 0.783 bits per heavy atom. The number of aromatic nitrogens is 4. The molecule has 2 aromatic heterocycles. The van der Waals surface area contributed by atoms with Crippen molar-refractivity contribution in [2.24, 2.45) is 0 Å². The fourth-order valence-electron chi connectivity index (χ4n) is 2.52. The molecule has 2 aromatic carbocycles. The van der Waals surface area contributed by atoms with Gasteiger partial charge in [0.15, 0.2) is 5.65 Å². The molecule has 0 spiro atoms. The maximum atomic E-state index is 4.44. The van der Waals surface area contributed by atoms with Gasteiger partial charge in [0.2, 0.25) is 0 Å². The van der Waals surface area contributed by atoms with Crippen LogP contribution in [0.2, 0.25) is 0 Å². The minimum atomic E-state index is 0.159. The molecule has 0 aliphatic heterocycles. The zero-order valence-electron chi connectivity index (χ0n) is 12.3. The molecular weight excluding hydrogens is 304 g/mol. The van der Waals surface area contributed by atoms with Crippen molar-refractivity contribution in [2.45, 2.75) is 10.3 Å². The van der Waals surface area contributed by atoms with Gasteiger partial charge >= 0.3 is 0 Å². The summed E-state index contributed by atoms with van der Waals surface area (Å²) in [6.07, 6.45) is 3.24. The third kappa shape index (κ3) is 2.83. The Morgan fingerprint density at radius 2 is 1.43 bits per heavy atom. The van der Waals surface area contributed by atoms with E-state index in [0.717, 1.165) is 16.2 Å². The van der Waals surface area contributed by atoms with Crippen LogP contribution in [0.4, 0.5) is 0 Å². The topological polar surface area (TPSA) is 54.5 Å². The van der Waals surface area contributed by atoms with Crippen molar-refractivity contribution in [3.63, 3.8) is 0 Å². The van der Waals surface area contributed by atoms with Crippen molar-refractivity contribution < 1.29 is 0 Å². The van der Waals surface area contributed by atoms with Gasteiger partial charge in [-0.2, -0.15) is 0 Å². The first-order valence-corrected chi connectivity index (χ1v) is 8.20. The number of H-pyrrole nitrogens is 1. The highest BCUT2D eigenvalue weighted by Gasteiger charge is 2.18. The molecule has 4 aromatic rings. The molecule has 4 rings (SSSR count). The van der Waals surface area contributed by atoms with Crippen molar-refractivity contribution in [2.75, 3.05) is 0 Å². The van der Waals surface area contributed by atoms with Crippen LogP contribution in [0.3, 0.4) is 0 Å². The Hall–Kier alpha value is -2.66. The van der Waals surface area contributed by atoms with Gasteiger partial charge in [-0.05, 0) is 11.1 Å². The number of rotatable bonds is 4. The number of aromatic amines is 1. The first kappa shape index (κ1) is 14.0. The normalized spacial score (nSPS) is 11.2. The second-order valence-electron chi connectivity index (χ2n) is 5.10. The number of nitrogens with one attached hydrogen (secondary N) is 1. The summed E-state index contributed by atoms with van der Waals surface area (Å²) < 4.78 is 0.